The van der Waals surface area contributed by atoms with E-state index < -0.39 is 151 Å². The Morgan fingerprint density at radius 3 is 1.91 bits per heavy atom. The normalized spacial score (nSPS) is 25.7. The van der Waals surface area contributed by atoms with Gasteiger partial charge in [-0.3, -0.25) is 43.3 Å². The number of aldehydes is 1. The third-order valence-corrected chi connectivity index (χ3v) is 13.4. The van der Waals surface area contributed by atoms with Gasteiger partial charge in [0, 0.05) is 13.1 Å². The number of aliphatic imine (C=N–C) groups is 1. The maximum atomic E-state index is 15.0. The molecule has 1 aliphatic heterocycles. The summed E-state index contributed by atoms with van der Waals surface area (Å²) in [6.07, 6.45) is -3.94. The summed E-state index contributed by atoms with van der Waals surface area (Å²) in [4.78, 5) is 144. The van der Waals surface area contributed by atoms with Crippen LogP contribution >= 0.6 is 0 Å². The zero-order chi connectivity index (χ0) is 60.6. The fourth-order valence-electron chi connectivity index (χ4n) is 8.36. The zero-order valence-electron chi connectivity index (χ0n) is 47.2. The SMILES string of the molecule is CC[C@H](C)[C@@H]1NC(=O)[C@@H](CCCN=C(N)N)NC(=O)[C@H](CC(C)C)NC(=O)[C@H](C(O)C(C)C)NC(=O)[C@@H](NC(=O)OCc2ccccc2)[C@@H](c2ccccc2)NC[C@@](C=O)(CO)NC(=O)C(C)NC(=O)CNC(=O)[C@H](C(C)O)NC1=O. The Balaban J connectivity index is 2.28. The number of hydrogen-bond acceptors (Lipinski definition) is 16. The van der Waals surface area contributed by atoms with Crippen LogP contribution in [-0.4, -0.2) is 167 Å². The van der Waals surface area contributed by atoms with E-state index in [9.17, 15) is 58.5 Å². The molecule has 3 rings (SSSR count). The van der Waals surface area contributed by atoms with Crippen LogP contribution in [0.15, 0.2) is 65.7 Å². The van der Waals surface area contributed by atoms with Gasteiger partial charge in [-0.2, -0.15) is 0 Å². The zero-order valence-corrected chi connectivity index (χ0v) is 47.2. The first-order valence-electron chi connectivity index (χ1n) is 26.9. The molecule has 448 valence electrons. The van der Waals surface area contributed by atoms with E-state index in [-0.39, 0.29) is 56.1 Å². The highest BCUT2D eigenvalue weighted by molar-refractivity contribution is 5.98. The number of hydrogen-bond donors (Lipinski definition) is 15. The standard InChI is InChI=1S/C54H83N13O14/c1-9-31(6)39-49(77)64-40(33(8)70)48(76)58-24-38(71)60-32(7)45(73)67-54(27-68,28-69)26-59-41(35-19-14-11-15-20-35)42(66-53(80)81-25-34-17-12-10-13-18-34)50(78)65-43(44(72)30(4)5)51(79)62-37(23-29(2)3)47(75)61-36(46(74)63-39)21-16-22-57-52(55)56/h10-15,17-20,27,29-33,36-37,39-44,59,69-70,72H,9,16,21-26,28H2,1-8H3,(H,58,76)(H,60,71)(H,61,75)(H,62,79)(H,63,74)(H,64,77)(H,65,78)(H,66,80)(H,67,73)(H4,55,56,57)/t31-,32?,33?,36+,37-,39-,40-,41+,42-,43-,44?,54+/m0/s1. The van der Waals surface area contributed by atoms with Crippen LogP contribution < -0.4 is 64.6 Å². The van der Waals surface area contributed by atoms with Crippen LogP contribution in [0, 0.1) is 17.8 Å². The molecular formula is C54H83N13O14. The quantitative estimate of drug-likeness (QED) is 0.0331. The lowest BCUT2D eigenvalue weighted by atomic mass is 9.94. The monoisotopic (exact) mass is 1140 g/mol. The van der Waals surface area contributed by atoms with Crippen LogP contribution in [0.4, 0.5) is 4.79 Å². The molecule has 0 spiro atoms. The van der Waals surface area contributed by atoms with Crippen molar-refractivity contribution >= 4 is 65.6 Å². The van der Waals surface area contributed by atoms with E-state index in [0.29, 0.717) is 12.0 Å². The fourth-order valence-corrected chi connectivity index (χ4v) is 8.36. The summed E-state index contributed by atoms with van der Waals surface area (Å²) in [5.41, 5.74) is 9.73. The molecule has 2 aromatic rings. The summed E-state index contributed by atoms with van der Waals surface area (Å²) in [6, 6.07) is 3.96. The molecule has 0 bridgehead atoms. The van der Waals surface area contributed by atoms with Gasteiger partial charge in [-0.05, 0) is 62.0 Å². The number of guanidine groups is 1. The van der Waals surface area contributed by atoms with Gasteiger partial charge in [0.05, 0.1) is 31.4 Å². The minimum atomic E-state index is -2.20. The van der Waals surface area contributed by atoms with Crippen LogP contribution in [0.2, 0.25) is 0 Å². The number of nitrogens with two attached hydrogens (primary N) is 2. The van der Waals surface area contributed by atoms with Crippen molar-refractivity contribution in [1.29, 1.82) is 0 Å². The highest BCUT2D eigenvalue weighted by Crippen LogP contribution is 2.21. The minimum Gasteiger partial charge on any atom is -0.445 e. The third-order valence-electron chi connectivity index (χ3n) is 13.4. The molecular weight excluding hydrogens is 1050 g/mol. The van der Waals surface area contributed by atoms with Crippen LogP contribution in [0.1, 0.15) is 98.2 Å². The molecule has 27 nitrogen and oxygen atoms in total. The van der Waals surface area contributed by atoms with Crippen molar-refractivity contribution in [2.75, 3.05) is 26.2 Å². The summed E-state index contributed by atoms with van der Waals surface area (Å²) in [5.74, 6) is -9.81. The molecule has 81 heavy (non-hydrogen) atoms. The van der Waals surface area contributed by atoms with Crippen LogP contribution in [0.3, 0.4) is 0 Å². The maximum absolute atomic E-state index is 15.0. The fraction of sp³-hybridized carbons (Fsp3) is 0.574. The average molecular weight is 1140 g/mol. The Labute approximate surface area is 471 Å². The Morgan fingerprint density at radius 2 is 1.35 bits per heavy atom. The summed E-state index contributed by atoms with van der Waals surface area (Å²) in [6.45, 7) is 9.61. The van der Waals surface area contributed by atoms with Gasteiger partial charge in [-0.15, -0.1) is 0 Å². The number of carbonyl (C=O) groups is 10. The molecule has 27 heteroatoms. The van der Waals surface area contributed by atoms with E-state index in [1.165, 1.54) is 13.8 Å². The van der Waals surface area contributed by atoms with Gasteiger partial charge in [-0.25, -0.2) is 4.79 Å². The Morgan fingerprint density at radius 1 is 0.765 bits per heavy atom. The molecule has 1 fully saturated rings. The smallest absolute Gasteiger partial charge is 0.408 e. The number of carbonyl (C=O) groups excluding carboxylic acids is 10. The molecule has 0 saturated carbocycles. The lowest BCUT2D eigenvalue weighted by Gasteiger charge is -2.35. The minimum absolute atomic E-state index is 0.00778. The van der Waals surface area contributed by atoms with Crippen LogP contribution in [0.25, 0.3) is 0 Å². The van der Waals surface area contributed by atoms with Gasteiger partial charge >= 0.3 is 6.09 Å². The molecule has 1 saturated heterocycles. The first-order valence-corrected chi connectivity index (χ1v) is 26.9. The van der Waals surface area contributed by atoms with Gasteiger partial charge < -0.3 is 89.5 Å². The van der Waals surface area contributed by atoms with Crippen LogP contribution in [-0.2, 0) is 54.5 Å². The van der Waals surface area contributed by atoms with E-state index in [4.69, 9.17) is 16.2 Å². The molecule has 0 aliphatic carbocycles. The number of nitrogens with zero attached hydrogens (tertiary/aromatic N) is 1. The van der Waals surface area contributed by atoms with Crippen molar-refractivity contribution < 1.29 is 68.0 Å². The average Bonchev–Trinajstić information content (AvgIpc) is 3.44. The number of alkyl carbamates (subject to hydrolysis) is 1. The lowest BCUT2D eigenvalue weighted by molar-refractivity contribution is -0.138. The molecule has 0 aromatic heterocycles. The molecule has 9 amide bonds. The molecule has 17 N–H and O–H groups in total. The maximum Gasteiger partial charge on any atom is 0.408 e. The number of aliphatic hydroxyl groups is 3. The second kappa shape index (κ2) is 33.1. The molecule has 2 aromatic carbocycles. The largest absolute Gasteiger partial charge is 0.445 e. The summed E-state index contributed by atoms with van der Waals surface area (Å²) < 4.78 is 5.52. The van der Waals surface area contributed by atoms with Gasteiger partial charge in [-0.1, -0.05) is 109 Å². The van der Waals surface area contributed by atoms with Crippen molar-refractivity contribution in [2.45, 2.75) is 154 Å². The highest BCUT2D eigenvalue weighted by atomic mass is 16.5. The van der Waals surface area contributed by atoms with Gasteiger partial charge in [0.2, 0.25) is 47.3 Å². The first-order chi connectivity index (χ1) is 38.3. The molecule has 1 aliphatic rings. The van der Waals surface area contributed by atoms with E-state index in [1.807, 2.05) is 0 Å². The predicted octanol–water partition coefficient (Wildman–Crippen LogP) is -2.74. The van der Waals surface area contributed by atoms with E-state index >= 15 is 4.79 Å². The highest BCUT2D eigenvalue weighted by Gasteiger charge is 2.42. The van der Waals surface area contributed by atoms with E-state index in [0.717, 1.165) is 0 Å². The predicted molar refractivity (Wildman–Crippen MR) is 296 cm³/mol. The second-order valence-corrected chi connectivity index (χ2v) is 20.9. The molecule has 3 unspecified atom stereocenters. The summed E-state index contributed by atoms with van der Waals surface area (Å²) >= 11 is 0. The topological polar surface area (TPSA) is 425 Å². The van der Waals surface area contributed by atoms with Crippen molar-refractivity contribution in [1.82, 2.24) is 53.2 Å². The van der Waals surface area contributed by atoms with Crippen molar-refractivity contribution in [3.63, 3.8) is 0 Å². The van der Waals surface area contributed by atoms with E-state index in [2.05, 4.69) is 58.2 Å². The molecule has 12 atom stereocenters. The first kappa shape index (κ1) is 67.5. The second-order valence-electron chi connectivity index (χ2n) is 20.9. The Hall–Kier alpha value is -7.75. The number of nitrogens with one attached hydrogen (secondary N) is 10. The summed E-state index contributed by atoms with van der Waals surface area (Å²) in [7, 11) is 0. The van der Waals surface area contributed by atoms with Crippen molar-refractivity contribution in [3.8, 4) is 0 Å². The van der Waals surface area contributed by atoms with Crippen LogP contribution in [0.5, 0.6) is 0 Å². The van der Waals surface area contributed by atoms with Crippen molar-refractivity contribution in [2.24, 2.45) is 34.2 Å². The number of amides is 9. The number of aliphatic hydroxyl groups excluding tert-OH is 3. The third kappa shape index (κ3) is 21.7. The lowest BCUT2D eigenvalue weighted by Crippen LogP contribution is -2.65. The van der Waals surface area contributed by atoms with Crippen molar-refractivity contribution in [3.05, 3.63) is 71.8 Å². The number of rotatable bonds is 17. The summed E-state index contributed by atoms with van der Waals surface area (Å²) in [5, 5.41) is 58.7. The number of ether oxygens (including phenoxy) is 1. The van der Waals surface area contributed by atoms with E-state index in [1.54, 1.807) is 102 Å². The molecule has 1 heterocycles. The van der Waals surface area contributed by atoms with Gasteiger partial charge in [0.15, 0.2) is 5.96 Å². The van der Waals surface area contributed by atoms with Gasteiger partial charge in [0.1, 0.15) is 60.7 Å². The molecule has 0 radical (unpaired) electrons. The number of benzene rings is 2. The van der Waals surface area contributed by atoms with Gasteiger partial charge in [0.25, 0.3) is 0 Å². The Kier molecular flexibility index (Phi) is 27.6. The Bertz CT molecular complexity index is 2470.